The summed E-state index contributed by atoms with van der Waals surface area (Å²) < 4.78 is 0. The highest BCUT2D eigenvalue weighted by atomic mass is 16.3. The lowest BCUT2D eigenvalue weighted by Gasteiger charge is -2.34. The summed E-state index contributed by atoms with van der Waals surface area (Å²) in [5.41, 5.74) is 1.17. The number of nitrogens with zero attached hydrogens (tertiary/aromatic N) is 1. The van der Waals surface area contributed by atoms with Gasteiger partial charge in [0.1, 0.15) is 5.75 Å². The first-order valence-corrected chi connectivity index (χ1v) is 7.26. The van der Waals surface area contributed by atoms with Crippen LogP contribution < -0.4 is 5.32 Å². The lowest BCUT2D eigenvalue weighted by Crippen LogP contribution is -2.47. The third-order valence-electron chi connectivity index (χ3n) is 3.75. The number of likely N-dealkylation sites (tertiary alicyclic amines) is 1. The van der Waals surface area contributed by atoms with Crippen molar-refractivity contribution in [3.05, 3.63) is 23.8 Å². The van der Waals surface area contributed by atoms with Gasteiger partial charge in [0, 0.05) is 13.1 Å². The summed E-state index contributed by atoms with van der Waals surface area (Å²) in [5, 5.41) is 12.2. The number of carbonyl (C=O) groups is 2. The van der Waals surface area contributed by atoms with Crippen LogP contribution in [0.1, 0.15) is 25.8 Å². The van der Waals surface area contributed by atoms with Crippen LogP contribution in [0, 0.1) is 18.8 Å². The summed E-state index contributed by atoms with van der Waals surface area (Å²) in [5.74, 6) is -0.468. The largest absolute Gasteiger partial charge is 0.506 e. The predicted molar refractivity (Wildman–Crippen MR) is 81.0 cm³/mol. The quantitative estimate of drug-likeness (QED) is 0.615. The zero-order valence-corrected chi connectivity index (χ0v) is 12.7. The third-order valence-corrected chi connectivity index (χ3v) is 3.75. The molecule has 2 amide bonds. The molecule has 1 aromatic rings. The fourth-order valence-electron chi connectivity index (χ4n) is 2.90. The van der Waals surface area contributed by atoms with Gasteiger partial charge in [0.15, 0.2) is 0 Å². The lowest BCUT2D eigenvalue weighted by molar-refractivity contribution is -0.144. The number of aromatic hydroxyl groups is 1. The van der Waals surface area contributed by atoms with E-state index >= 15 is 0 Å². The number of benzene rings is 1. The van der Waals surface area contributed by atoms with Gasteiger partial charge in [0.2, 0.25) is 0 Å². The van der Waals surface area contributed by atoms with Gasteiger partial charge in [-0.15, -0.1) is 0 Å². The van der Waals surface area contributed by atoms with E-state index in [1.54, 1.807) is 17.0 Å². The molecule has 0 aromatic heterocycles. The van der Waals surface area contributed by atoms with Gasteiger partial charge in [-0.2, -0.15) is 0 Å². The van der Waals surface area contributed by atoms with Crippen molar-refractivity contribution in [3.8, 4) is 5.75 Å². The van der Waals surface area contributed by atoms with Gasteiger partial charge in [0.25, 0.3) is 0 Å². The van der Waals surface area contributed by atoms with Crippen molar-refractivity contribution in [1.82, 2.24) is 4.90 Å². The monoisotopic (exact) mass is 290 g/mol. The highest BCUT2D eigenvalue weighted by Gasteiger charge is 2.29. The van der Waals surface area contributed by atoms with Crippen molar-refractivity contribution in [2.24, 2.45) is 11.8 Å². The van der Waals surface area contributed by atoms with Crippen molar-refractivity contribution in [1.29, 1.82) is 0 Å². The highest BCUT2D eigenvalue weighted by molar-refractivity contribution is 6.39. The van der Waals surface area contributed by atoms with Crippen LogP contribution in [0.3, 0.4) is 0 Å². The summed E-state index contributed by atoms with van der Waals surface area (Å²) in [7, 11) is 0. The normalized spacial score (nSPS) is 22.0. The Morgan fingerprint density at radius 3 is 2.48 bits per heavy atom. The molecule has 5 heteroatoms. The van der Waals surface area contributed by atoms with Crippen LogP contribution in [0.5, 0.6) is 5.75 Å². The number of nitrogens with one attached hydrogen (secondary N) is 1. The molecule has 2 N–H and O–H groups in total. The van der Waals surface area contributed by atoms with E-state index < -0.39 is 11.8 Å². The van der Waals surface area contributed by atoms with Crippen LogP contribution in [-0.4, -0.2) is 34.9 Å². The van der Waals surface area contributed by atoms with Gasteiger partial charge in [0.05, 0.1) is 5.69 Å². The van der Waals surface area contributed by atoms with Crippen molar-refractivity contribution in [2.75, 3.05) is 18.4 Å². The van der Waals surface area contributed by atoms with Crippen LogP contribution in [0.15, 0.2) is 18.2 Å². The Labute approximate surface area is 125 Å². The smallest absolute Gasteiger partial charge is 0.314 e. The molecule has 2 unspecified atom stereocenters. The Bertz CT molecular complexity index is 546. The first kappa shape index (κ1) is 15.4. The molecule has 1 aliphatic rings. The molecule has 1 aliphatic heterocycles. The van der Waals surface area contributed by atoms with E-state index in [-0.39, 0.29) is 11.4 Å². The summed E-state index contributed by atoms with van der Waals surface area (Å²) in [6, 6.07) is 4.88. The first-order chi connectivity index (χ1) is 9.86. The molecule has 0 aliphatic carbocycles. The Balaban J connectivity index is 2.06. The number of piperidine rings is 1. The van der Waals surface area contributed by atoms with E-state index in [0.717, 1.165) is 12.0 Å². The molecular weight excluding hydrogens is 268 g/mol. The topological polar surface area (TPSA) is 69.6 Å². The summed E-state index contributed by atoms with van der Waals surface area (Å²) >= 11 is 0. The van der Waals surface area contributed by atoms with Gasteiger partial charge in [-0.3, -0.25) is 9.59 Å². The minimum Gasteiger partial charge on any atom is -0.506 e. The molecule has 114 valence electrons. The molecule has 0 spiro atoms. The molecule has 21 heavy (non-hydrogen) atoms. The number of anilines is 1. The Hall–Kier alpha value is -2.04. The van der Waals surface area contributed by atoms with Crippen molar-refractivity contribution < 1.29 is 14.7 Å². The maximum absolute atomic E-state index is 12.2. The van der Waals surface area contributed by atoms with Crippen molar-refractivity contribution in [2.45, 2.75) is 27.2 Å². The number of phenolic OH excluding ortho intramolecular Hbond substituents is 1. The standard InChI is InChI=1S/C16H22N2O3/c1-10-4-5-14(19)13(7-10)17-15(20)16(21)18-8-11(2)6-12(3)9-18/h4-5,7,11-12,19H,6,8-9H2,1-3H3,(H,17,20). The van der Waals surface area contributed by atoms with Crippen LogP contribution in [-0.2, 0) is 9.59 Å². The molecule has 5 nitrogen and oxygen atoms in total. The van der Waals surface area contributed by atoms with E-state index in [1.165, 1.54) is 6.07 Å². The molecule has 2 atom stereocenters. The number of amides is 2. The Morgan fingerprint density at radius 1 is 1.24 bits per heavy atom. The minimum absolute atomic E-state index is 0.0397. The summed E-state index contributed by atoms with van der Waals surface area (Å²) in [6.45, 7) is 7.23. The average Bonchev–Trinajstić information content (AvgIpc) is 2.41. The molecule has 1 heterocycles. The molecule has 2 rings (SSSR count). The molecule has 0 radical (unpaired) electrons. The zero-order valence-electron chi connectivity index (χ0n) is 12.7. The molecule has 1 fully saturated rings. The van der Waals surface area contributed by atoms with Crippen molar-refractivity contribution >= 4 is 17.5 Å². The Kier molecular flexibility index (Phi) is 4.50. The fourth-order valence-corrected chi connectivity index (χ4v) is 2.90. The second-order valence-electron chi connectivity index (χ2n) is 6.13. The van der Waals surface area contributed by atoms with Gasteiger partial charge >= 0.3 is 11.8 Å². The SMILES string of the molecule is Cc1ccc(O)c(NC(=O)C(=O)N2CC(C)CC(C)C2)c1. The number of phenols is 1. The van der Waals surface area contributed by atoms with E-state index in [2.05, 4.69) is 19.2 Å². The molecule has 1 aromatic carbocycles. The van der Waals surface area contributed by atoms with Crippen LogP contribution in [0.25, 0.3) is 0 Å². The summed E-state index contributed by atoms with van der Waals surface area (Å²) in [6.07, 6.45) is 1.07. The number of rotatable bonds is 1. The number of carbonyl (C=O) groups excluding carboxylic acids is 2. The second-order valence-corrected chi connectivity index (χ2v) is 6.13. The molecule has 0 saturated carbocycles. The van der Waals surface area contributed by atoms with Crippen LogP contribution in [0.4, 0.5) is 5.69 Å². The number of aryl methyl sites for hydroxylation is 1. The number of hydrogen-bond acceptors (Lipinski definition) is 3. The predicted octanol–water partition coefficient (Wildman–Crippen LogP) is 2.14. The van der Waals surface area contributed by atoms with Crippen LogP contribution >= 0.6 is 0 Å². The van der Waals surface area contributed by atoms with Gasteiger partial charge < -0.3 is 15.3 Å². The first-order valence-electron chi connectivity index (χ1n) is 7.26. The maximum atomic E-state index is 12.2. The summed E-state index contributed by atoms with van der Waals surface area (Å²) in [4.78, 5) is 25.9. The van der Waals surface area contributed by atoms with Gasteiger partial charge in [-0.05, 0) is 42.9 Å². The van der Waals surface area contributed by atoms with Crippen LogP contribution in [0.2, 0.25) is 0 Å². The van der Waals surface area contributed by atoms with E-state index in [9.17, 15) is 14.7 Å². The van der Waals surface area contributed by atoms with Gasteiger partial charge in [-0.1, -0.05) is 19.9 Å². The Morgan fingerprint density at radius 2 is 1.86 bits per heavy atom. The second kappa shape index (κ2) is 6.16. The molecule has 0 bridgehead atoms. The molecule has 1 saturated heterocycles. The minimum atomic E-state index is -0.697. The maximum Gasteiger partial charge on any atom is 0.314 e. The molecular formula is C16H22N2O3. The zero-order chi connectivity index (χ0) is 15.6. The van der Waals surface area contributed by atoms with Crippen molar-refractivity contribution in [3.63, 3.8) is 0 Å². The van der Waals surface area contributed by atoms with E-state index in [0.29, 0.717) is 24.9 Å². The third kappa shape index (κ3) is 3.74. The van der Waals surface area contributed by atoms with Gasteiger partial charge in [-0.25, -0.2) is 0 Å². The lowest BCUT2D eigenvalue weighted by atomic mass is 9.92. The fraction of sp³-hybridized carbons (Fsp3) is 0.500. The van der Waals surface area contributed by atoms with E-state index in [1.807, 2.05) is 6.92 Å². The van der Waals surface area contributed by atoms with E-state index in [4.69, 9.17) is 0 Å². The average molecular weight is 290 g/mol. The highest BCUT2D eigenvalue weighted by Crippen LogP contribution is 2.25. The number of hydrogen-bond donors (Lipinski definition) is 2.